The van der Waals surface area contributed by atoms with E-state index in [1.54, 1.807) is 0 Å². The fourth-order valence-electron chi connectivity index (χ4n) is 2.32. The quantitative estimate of drug-likeness (QED) is 0.650. The van der Waals surface area contributed by atoms with Gasteiger partial charge in [0.2, 0.25) is 0 Å². The van der Waals surface area contributed by atoms with Crippen LogP contribution in [0, 0.1) is 12.8 Å². The van der Waals surface area contributed by atoms with Crippen LogP contribution in [0.25, 0.3) is 10.9 Å². The third kappa shape index (κ3) is 2.26. The minimum atomic E-state index is -0.500. The number of rotatable bonds is 4. The van der Waals surface area contributed by atoms with E-state index in [0.717, 1.165) is 29.4 Å². The molecule has 0 aliphatic heterocycles. The highest BCUT2D eigenvalue weighted by Crippen LogP contribution is 2.27. The Morgan fingerprint density at radius 3 is 2.79 bits per heavy atom. The van der Waals surface area contributed by atoms with Gasteiger partial charge in [0.25, 0.3) is 11.7 Å². The number of fused-ring (bicyclic) bond motifs is 1. The summed E-state index contributed by atoms with van der Waals surface area (Å²) in [6, 6.07) is 7.54. The summed E-state index contributed by atoms with van der Waals surface area (Å²) in [4.78, 5) is 27.3. The monoisotopic (exact) mass is 256 g/mol. The molecule has 0 radical (unpaired) electrons. The maximum absolute atomic E-state index is 12.2. The number of hydrogen-bond acceptors (Lipinski definition) is 2. The number of amides is 1. The number of Topliss-reactive ketones (excluding diaryl/α,β-unsaturated/α-hetero) is 1. The number of carbonyl (C=O) groups excluding carboxylic acids is 2. The number of hydrogen-bond donors (Lipinski definition) is 2. The molecule has 1 amide bonds. The predicted octanol–water partition coefficient (Wildman–Crippen LogP) is 2.19. The molecule has 3 rings (SSSR count). The van der Waals surface area contributed by atoms with Gasteiger partial charge in [0.05, 0.1) is 5.56 Å². The summed E-state index contributed by atoms with van der Waals surface area (Å²) in [5, 5.41) is 3.53. The van der Waals surface area contributed by atoms with Crippen LogP contribution in [0.3, 0.4) is 0 Å². The average Bonchev–Trinajstić information content (AvgIpc) is 3.16. The molecule has 0 atom stereocenters. The summed E-state index contributed by atoms with van der Waals surface area (Å²) in [5.74, 6) is -0.379. The van der Waals surface area contributed by atoms with Crippen LogP contribution in [-0.2, 0) is 4.79 Å². The van der Waals surface area contributed by atoms with Crippen molar-refractivity contribution in [3.05, 3.63) is 35.5 Å². The molecule has 1 aromatic carbocycles. The van der Waals surface area contributed by atoms with Crippen molar-refractivity contribution in [3.8, 4) is 0 Å². The van der Waals surface area contributed by atoms with Crippen LogP contribution < -0.4 is 5.32 Å². The van der Waals surface area contributed by atoms with Crippen LogP contribution in [0.1, 0.15) is 28.9 Å². The number of aryl methyl sites for hydroxylation is 1. The van der Waals surface area contributed by atoms with E-state index in [4.69, 9.17) is 0 Å². The lowest BCUT2D eigenvalue weighted by Gasteiger charge is -2.03. The Balaban J connectivity index is 1.87. The molecule has 19 heavy (non-hydrogen) atoms. The molecule has 1 aliphatic carbocycles. The Bertz CT molecular complexity index is 653. The summed E-state index contributed by atoms with van der Waals surface area (Å²) in [5.41, 5.74) is 2.12. The molecule has 0 spiro atoms. The molecule has 98 valence electrons. The van der Waals surface area contributed by atoms with Gasteiger partial charge in [-0.15, -0.1) is 0 Å². The number of benzene rings is 1. The van der Waals surface area contributed by atoms with Crippen molar-refractivity contribution in [1.82, 2.24) is 10.3 Å². The molecule has 0 bridgehead atoms. The second kappa shape index (κ2) is 4.53. The number of H-pyrrole nitrogens is 1. The van der Waals surface area contributed by atoms with E-state index in [2.05, 4.69) is 10.3 Å². The van der Waals surface area contributed by atoms with Crippen LogP contribution >= 0.6 is 0 Å². The molecule has 0 saturated heterocycles. The third-order valence-corrected chi connectivity index (χ3v) is 3.58. The summed E-state index contributed by atoms with van der Waals surface area (Å²) >= 11 is 0. The van der Waals surface area contributed by atoms with Gasteiger partial charge in [-0.1, -0.05) is 18.2 Å². The fourth-order valence-corrected chi connectivity index (χ4v) is 2.32. The van der Waals surface area contributed by atoms with E-state index in [1.807, 2.05) is 31.2 Å². The Kier molecular flexibility index (Phi) is 2.85. The smallest absolute Gasteiger partial charge is 0.292 e. The Morgan fingerprint density at radius 2 is 2.05 bits per heavy atom. The second-order valence-corrected chi connectivity index (χ2v) is 5.15. The highest BCUT2D eigenvalue weighted by molar-refractivity contribution is 6.45. The summed E-state index contributed by atoms with van der Waals surface area (Å²) in [6.45, 7) is 2.44. The first kappa shape index (κ1) is 12.0. The molecular weight excluding hydrogens is 240 g/mol. The standard InChI is InChI=1S/C15H16N2O2/c1-9-13(11-4-2-3-5-12(11)17-9)14(18)15(19)16-8-10-6-7-10/h2-5,10,17H,6-8H2,1H3,(H,16,19). The zero-order chi connectivity index (χ0) is 13.4. The van der Waals surface area contributed by atoms with Crippen molar-refractivity contribution in [1.29, 1.82) is 0 Å². The molecule has 2 aromatic rings. The SMILES string of the molecule is Cc1[nH]c2ccccc2c1C(=O)C(=O)NCC1CC1. The molecular formula is C15H16N2O2. The van der Waals surface area contributed by atoms with Gasteiger partial charge in [0, 0.05) is 23.1 Å². The van der Waals surface area contributed by atoms with Crippen LogP contribution in [-0.4, -0.2) is 23.2 Å². The number of para-hydroxylation sites is 1. The first-order chi connectivity index (χ1) is 9.16. The molecule has 1 aliphatic rings. The lowest BCUT2D eigenvalue weighted by atomic mass is 10.1. The highest BCUT2D eigenvalue weighted by Gasteiger charge is 2.26. The van der Waals surface area contributed by atoms with Crippen molar-refractivity contribution in [2.24, 2.45) is 5.92 Å². The molecule has 1 fully saturated rings. The van der Waals surface area contributed by atoms with Gasteiger partial charge in [-0.3, -0.25) is 9.59 Å². The molecule has 1 heterocycles. The second-order valence-electron chi connectivity index (χ2n) is 5.15. The van der Waals surface area contributed by atoms with Crippen molar-refractivity contribution in [2.45, 2.75) is 19.8 Å². The lowest BCUT2D eigenvalue weighted by molar-refractivity contribution is -0.117. The minimum Gasteiger partial charge on any atom is -0.358 e. The third-order valence-electron chi connectivity index (χ3n) is 3.58. The fraction of sp³-hybridized carbons (Fsp3) is 0.333. The van der Waals surface area contributed by atoms with Crippen LogP contribution in [0.4, 0.5) is 0 Å². The molecule has 2 N–H and O–H groups in total. The largest absolute Gasteiger partial charge is 0.358 e. The zero-order valence-corrected chi connectivity index (χ0v) is 10.8. The molecule has 1 saturated carbocycles. The van der Waals surface area contributed by atoms with Gasteiger partial charge in [-0.2, -0.15) is 0 Å². The van der Waals surface area contributed by atoms with E-state index in [9.17, 15) is 9.59 Å². The van der Waals surface area contributed by atoms with E-state index in [1.165, 1.54) is 0 Å². The van der Waals surface area contributed by atoms with Crippen LogP contribution in [0.2, 0.25) is 0 Å². The summed E-state index contributed by atoms with van der Waals surface area (Å²) in [7, 11) is 0. The highest BCUT2D eigenvalue weighted by atomic mass is 16.2. The van der Waals surface area contributed by atoms with Crippen molar-refractivity contribution in [2.75, 3.05) is 6.54 Å². The summed E-state index contributed by atoms with van der Waals surface area (Å²) in [6.07, 6.45) is 2.31. The van der Waals surface area contributed by atoms with Crippen LogP contribution in [0.15, 0.2) is 24.3 Å². The predicted molar refractivity (Wildman–Crippen MR) is 73.1 cm³/mol. The first-order valence-electron chi connectivity index (χ1n) is 6.56. The molecule has 4 heteroatoms. The maximum atomic E-state index is 12.2. The van der Waals surface area contributed by atoms with Gasteiger partial charge in [-0.05, 0) is 31.7 Å². The van der Waals surface area contributed by atoms with Crippen LogP contribution in [0.5, 0.6) is 0 Å². The average molecular weight is 256 g/mol. The maximum Gasteiger partial charge on any atom is 0.292 e. The topological polar surface area (TPSA) is 62.0 Å². The Hall–Kier alpha value is -2.10. The number of carbonyl (C=O) groups is 2. The summed E-state index contributed by atoms with van der Waals surface area (Å²) < 4.78 is 0. The van der Waals surface area contributed by atoms with Gasteiger partial charge >= 0.3 is 0 Å². The molecule has 0 unspecified atom stereocenters. The minimum absolute atomic E-state index is 0.449. The number of aromatic nitrogens is 1. The first-order valence-corrected chi connectivity index (χ1v) is 6.56. The van der Waals surface area contributed by atoms with E-state index in [0.29, 0.717) is 18.0 Å². The van der Waals surface area contributed by atoms with E-state index >= 15 is 0 Å². The van der Waals surface area contributed by atoms with E-state index < -0.39 is 11.7 Å². The molecule has 4 nitrogen and oxygen atoms in total. The Labute approximate surface area is 111 Å². The molecule has 1 aromatic heterocycles. The number of ketones is 1. The lowest BCUT2D eigenvalue weighted by Crippen LogP contribution is -2.32. The Morgan fingerprint density at radius 1 is 1.32 bits per heavy atom. The number of nitrogens with one attached hydrogen (secondary N) is 2. The number of aromatic amines is 1. The van der Waals surface area contributed by atoms with Gasteiger partial charge in [-0.25, -0.2) is 0 Å². The van der Waals surface area contributed by atoms with Gasteiger partial charge in [0.1, 0.15) is 0 Å². The normalized spacial score (nSPS) is 14.6. The van der Waals surface area contributed by atoms with E-state index in [-0.39, 0.29) is 0 Å². The zero-order valence-electron chi connectivity index (χ0n) is 10.8. The van der Waals surface area contributed by atoms with Gasteiger partial charge < -0.3 is 10.3 Å². The van der Waals surface area contributed by atoms with Gasteiger partial charge in [0.15, 0.2) is 0 Å². The van der Waals surface area contributed by atoms with Crippen molar-refractivity contribution >= 4 is 22.6 Å². The van der Waals surface area contributed by atoms with Crippen molar-refractivity contribution in [3.63, 3.8) is 0 Å². The van der Waals surface area contributed by atoms with Crippen molar-refractivity contribution < 1.29 is 9.59 Å².